The molecule has 0 unspecified atom stereocenters. The van der Waals surface area contributed by atoms with E-state index in [1.54, 1.807) is 14.2 Å². The number of halogens is 1. The highest BCUT2D eigenvalue weighted by atomic mass is 79.9. The van der Waals surface area contributed by atoms with Crippen LogP contribution in [0.5, 0.6) is 11.5 Å². The van der Waals surface area contributed by atoms with Crippen LogP contribution in [0.25, 0.3) is 21.5 Å². The third-order valence-electron chi connectivity index (χ3n) is 4.43. The summed E-state index contributed by atoms with van der Waals surface area (Å²) in [7, 11) is 3.37. The van der Waals surface area contributed by atoms with Crippen LogP contribution in [0.4, 0.5) is 0 Å². The van der Waals surface area contributed by atoms with Gasteiger partial charge in [-0.3, -0.25) is 0 Å². The first-order valence-corrected chi connectivity index (χ1v) is 8.02. The van der Waals surface area contributed by atoms with Gasteiger partial charge in [-0.2, -0.15) is 0 Å². The van der Waals surface area contributed by atoms with Crippen molar-refractivity contribution in [2.75, 3.05) is 14.2 Å². The maximum absolute atomic E-state index is 5.62. The molecule has 0 aliphatic carbocycles. The van der Waals surface area contributed by atoms with Gasteiger partial charge in [-0.15, -0.1) is 0 Å². The zero-order valence-electron chi connectivity index (χ0n) is 13.5. The number of fused-ring (bicyclic) bond motifs is 3. The van der Waals surface area contributed by atoms with Crippen LogP contribution in [0.2, 0.25) is 0 Å². The number of hydrogen-bond donors (Lipinski definition) is 0. The van der Waals surface area contributed by atoms with Crippen molar-refractivity contribution in [3.05, 3.63) is 45.4 Å². The van der Waals surface area contributed by atoms with Gasteiger partial charge in [0.2, 0.25) is 0 Å². The standard InChI is InChI=1S/C19H19BrO2/c1-10-8-11(2)17-13(12(10)3)6-7-14-15(17)9-16(21-4)18(20)19(14)22-5/h6-9H,1-5H3. The second-order valence-electron chi connectivity index (χ2n) is 5.64. The summed E-state index contributed by atoms with van der Waals surface area (Å²) in [6, 6.07) is 8.66. The van der Waals surface area contributed by atoms with Crippen molar-refractivity contribution in [1.29, 1.82) is 0 Å². The molecular formula is C19H19BrO2. The van der Waals surface area contributed by atoms with Gasteiger partial charge in [0, 0.05) is 5.39 Å². The summed E-state index contributed by atoms with van der Waals surface area (Å²) >= 11 is 3.58. The van der Waals surface area contributed by atoms with Gasteiger partial charge in [-0.1, -0.05) is 12.1 Å². The predicted molar refractivity (Wildman–Crippen MR) is 96.5 cm³/mol. The molecule has 3 rings (SSSR count). The Kier molecular flexibility index (Phi) is 3.77. The second-order valence-corrected chi connectivity index (χ2v) is 6.44. The van der Waals surface area contributed by atoms with Gasteiger partial charge in [-0.25, -0.2) is 0 Å². The first-order valence-electron chi connectivity index (χ1n) is 7.23. The number of rotatable bonds is 2. The number of hydrogen-bond acceptors (Lipinski definition) is 2. The third kappa shape index (κ3) is 2.07. The second kappa shape index (κ2) is 5.47. The van der Waals surface area contributed by atoms with Gasteiger partial charge in [0.15, 0.2) is 0 Å². The number of benzene rings is 3. The van der Waals surface area contributed by atoms with Gasteiger partial charge < -0.3 is 9.47 Å². The minimum atomic E-state index is 0.787. The minimum Gasteiger partial charge on any atom is -0.495 e. The van der Waals surface area contributed by atoms with E-state index in [0.29, 0.717) is 0 Å². The molecule has 0 radical (unpaired) electrons. The molecule has 0 N–H and O–H groups in total. The zero-order valence-corrected chi connectivity index (χ0v) is 15.1. The van der Waals surface area contributed by atoms with Gasteiger partial charge in [-0.05, 0) is 81.7 Å². The van der Waals surface area contributed by atoms with E-state index in [2.05, 4.69) is 61.0 Å². The Morgan fingerprint density at radius 3 is 2.14 bits per heavy atom. The molecule has 0 saturated carbocycles. The molecule has 0 aliphatic heterocycles. The quantitative estimate of drug-likeness (QED) is 0.547. The molecule has 3 aromatic carbocycles. The normalized spacial score (nSPS) is 11.2. The fraction of sp³-hybridized carbons (Fsp3) is 0.263. The average Bonchev–Trinajstić information content (AvgIpc) is 2.51. The average molecular weight is 359 g/mol. The van der Waals surface area contributed by atoms with Crippen molar-refractivity contribution < 1.29 is 9.47 Å². The van der Waals surface area contributed by atoms with Gasteiger partial charge >= 0.3 is 0 Å². The topological polar surface area (TPSA) is 18.5 Å². The van der Waals surface area contributed by atoms with Crippen molar-refractivity contribution in [3.63, 3.8) is 0 Å². The fourth-order valence-electron chi connectivity index (χ4n) is 3.20. The highest BCUT2D eigenvalue weighted by Crippen LogP contribution is 2.44. The molecule has 0 heterocycles. The Bertz CT molecular complexity index is 897. The van der Waals surface area contributed by atoms with Crippen molar-refractivity contribution in [2.24, 2.45) is 0 Å². The lowest BCUT2D eigenvalue weighted by molar-refractivity contribution is 0.393. The third-order valence-corrected chi connectivity index (χ3v) is 5.18. The molecule has 0 aliphatic rings. The Labute approximate surface area is 139 Å². The summed E-state index contributed by atoms with van der Waals surface area (Å²) in [5, 5.41) is 4.81. The molecule has 3 aromatic rings. The van der Waals surface area contributed by atoms with Crippen LogP contribution in [0.15, 0.2) is 28.7 Å². The maximum atomic E-state index is 5.62. The van der Waals surface area contributed by atoms with Crippen LogP contribution in [-0.2, 0) is 0 Å². The Morgan fingerprint density at radius 1 is 0.818 bits per heavy atom. The lowest BCUT2D eigenvalue weighted by Gasteiger charge is -2.16. The number of ether oxygens (including phenoxy) is 2. The molecule has 0 bridgehead atoms. The molecular weight excluding hydrogens is 340 g/mol. The lowest BCUT2D eigenvalue weighted by atomic mass is 9.92. The molecule has 2 nitrogen and oxygen atoms in total. The summed E-state index contributed by atoms with van der Waals surface area (Å²) < 4.78 is 12.0. The Morgan fingerprint density at radius 2 is 1.50 bits per heavy atom. The van der Waals surface area contributed by atoms with Gasteiger partial charge in [0.25, 0.3) is 0 Å². The summed E-state index contributed by atoms with van der Waals surface area (Å²) in [6.45, 7) is 6.50. The van der Waals surface area contributed by atoms with Crippen molar-refractivity contribution in [3.8, 4) is 11.5 Å². The zero-order chi connectivity index (χ0) is 16.0. The molecule has 0 aromatic heterocycles. The van der Waals surface area contributed by atoms with Crippen LogP contribution < -0.4 is 9.47 Å². The number of aryl methyl sites for hydroxylation is 3. The molecule has 22 heavy (non-hydrogen) atoms. The van der Waals surface area contributed by atoms with E-state index >= 15 is 0 Å². The van der Waals surface area contributed by atoms with E-state index in [4.69, 9.17) is 9.47 Å². The Balaban J connectivity index is 2.59. The molecule has 0 saturated heterocycles. The first-order chi connectivity index (χ1) is 10.5. The highest BCUT2D eigenvalue weighted by molar-refractivity contribution is 9.10. The van der Waals surface area contributed by atoms with E-state index < -0.39 is 0 Å². The van der Waals surface area contributed by atoms with E-state index in [0.717, 1.165) is 26.7 Å². The smallest absolute Gasteiger partial charge is 0.144 e. The van der Waals surface area contributed by atoms with Crippen molar-refractivity contribution in [2.45, 2.75) is 20.8 Å². The van der Waals surface area contributed by atoms with E-state index in [9.17, 15) is 0 Å². The van der Waals surface area contributed by atoms with Crippen LogP contribution >= 0.6 is 15.9 Å². The van der Waals surface area contributed by atoms with Crippen LogP contribution in [-0.4, -0.2) is 14.2 Å². The lowest BCUT2D eigenvalue weighted by Crippen LogP contribution is -1.94. The monoisotopic (exact) mass is 358 g/mol. The Hall–Kier alpha value is -1.74. The molecule has 114 valence electrons. The number of methoxy groups -OCH3 is 2. The largest absolute Gasteiger partial charge is 0.495 e. The van der Waals surface area contributed by atoms with Crippen LogP contribution in [0.3, 0.4) is 0 Å². The van der Waals surface area contributed by atoms with E-state index in [1.807, 2.05) is 0 Å². The summed E-state index contributed by atoms with van der Waals surface area (Å²) in [5.41, 5.74) is 3.92. The van der Waals surface area contributed by atoms with Crippen LogP contribution in [0, 0.1) is 20.8 Å². The summed E-state index contributed by atoms with van der Waals surface area (Å²) in [5.74, 6) is 1.60. The predicted octanol–water partition coefficient (Wildman–Crippen LogP) is 5.70. The van der Waals surface area contributed by atoms with E-state index in [-0.39, 0.29) is 0 Å². The van der Waals surface area contributed by atoms with Gasteiger partial charge in [0.05, 0.1) is 14.2 Å². The molecule has 0 amide bonds. The first kappa shape index (κ1) is 15.2. The fourth-order valence-corrected chi connectivity index (χ4v) is 3.85. The van der Waals surface area contributed by atoms with Crippen LogP contribution in [0.1, 0.15) is 16.7 Å². The molecule has 0 atom stereocenters. The molecule has 3 heteroatoms. The molecule has 0 spiro atoms. The molecule has 0 fully saturated rings. The highest BCUT2D eigenvalue weighted by Gasteiger charge is 2.16. The maximum Gasteiger partial charge on any atom is 0.144 e. The van der Waals surface area contributed by atoms with Crippen molar-refractivity contribution >= 4 is 37.5 Å². The van der Waals surface area contributed by atoms with E-state index in [1.165, 1.54) is 27.5 Å². The minimum absolute atomic E-state index is 0.787. The SMILES string of the molecule is COc1cc2c(ccc3c(C)c(C)cc(C)c32)c(OC)c1Br. The van der Waals surface area contributed by atoms with Gasteiger partial charge in [0.1, 0.15) is 16.0 Å². The summed E-state index contributed by atoms with van der Waals surface area (Å²) in [4.78, 5) is 0. The van der Waals surface area contributed by atoms with Crippen molar-refractivity contribution in [1.82, 2.24) is 0 Å². The summed E-state index contributed by atoms with van der Waals surface area (Å²) in [6.07, 6.45) is 0.